The van der Waals surface area contributed by atoms with E-state index in [0.717, 1.165) is 0 Å². The molecule has 1 aromatic carbocycles. The summed E-state index contributed by atoms with van der Waals surface area (Å²) in [5.74, 6) is 0.969. The van der Waals surface area contributed by atoms with E-state index in [9.17, 15) is 9.90 Å². The summed E-state index contributed by atoms with van der Waals surface area (Å²) in [5, 5.41) is 13.2. The average molecular weight is 294 g/mol. The Morgan fingerprint density at radius 3 is 2.70 bits per heavy atom. The van der Waals surface area contributed by atoms with Gasteiger partial charge in [-0.25, -0.2) is 0 Å². The number of aliphatic hydroxyl groups is 1. The summed E-state index contributed by atoms with van der Waals surface area (Å²) in [5.41, 5.74) is 1.07. The quantitative estimate of drug-likeness (QED) is 0.911. The smallest absolute Gasteiger partial charge is 0.254 e. The van der Waals surface area contributed by atoms with Crippen molar-refractivity contribution in [2.45, 2.75) is 20.0 Å². The highest BCUT2D eigenvalue weighted by Crippen LogP contribution is 2.22. The van der Waals surface area contributed by atoms with Crippen LogP contribution in [0.2, 0.25) is 5.02 Å². The first-order valence-electron chi connectivity index (χ1n) is 6.26. The first-order valence-corrected chi connectivity index (χ1v) is 6.64. The molecule has 0 radical (unpaired) electrons. The molecule has 2 rings (SSSR count). The predicted octanol–water partition coefficient (Wildman–Crippen LogP) is 3.01. The second-order valence-corrected chi connectivity index (χ2v) is 4.98. The van der Waals surface area contributed by atoms with Gasteiger partial charge in [-0.15, -0.1) is 0 Å². The molecule has 2 N–H and O–H groups in total. The van der Waals surface area contributed by atoms with Crippen molar-refractivity contribution in [3.8, 4) is 0 Å². The minimum absolute atomic E-state index is 0.0895. The van der Waals surface area contributed by atoms with Gasteiger partial charge in [-0.1, -0.05) is 29.8 Å². The molecule has 106 valence electrons. The zero-order chi connectivity index (χ0) is 14.7. The van der Waals surface area contributed by atoms with Crippen LogP contribution >= 0.6 is 11.6 Å². The third kappa shape index (κ3) is 3.21. The number of halogens is 1. The number of nitrogens with one attached hydrogen (secondary N) is 1. The molecule has 0 aliphatic heterocycles. The summed E-state index contributed by atoms with van der Waals surface area (Å²) in [6.07, 6.45) is -0.846. The number of hydrogen-bond donors (Lipinski definition) is 2. The van der Waals surface area contributed by atoms with Crippen LogP contribution in [-0.4, -0.2) is 17.6 Å². The third-order valence-electron chi connectivity index (χ3n) is 3.01. The lowest BCUT2D eigenvalue weighted by atomic mass is 10.1. The van der Waals surface area contributed by atoms with Gasteiger partial charge in [-0.2, -0.15) is 0 Å². The van der Waals surface area contributed by atoms with Crippen LogP contribution < -0.4 is 5.32 Å². The van der Waals surface area contributed by atoms with Gasteiger partial charge < -0.3 is 14.8 Å². The lowest BCUT2D eigenvalue weighted by Gasteiger charge is -2.13. The summed E-state index contributed by atoms with van der Waals surface area (Å²) in [4.78, 5) is 12.0. The first kappa shape index (κ1) is 14.6. The highest BCUT2D eigenvalue weighted by atomic mass is 35.5. The van der Waals surface area contributed by atoms with E-state index >= 15 is 0 Å². The average Bonchev–Trinajstić information content (AvgIpc) is 2.75. The lowest BCUT2D eigenvalue weighted by Crippen LogP contribution is -2.28. The van der Waals surface area contributed by atoms with Gasteiger partial charge in [0.15, 0.2) is 0 Å². The van der Waals surface area contributed by atoms with E-state index in [1.807, 2.05) is 0 Å². The van der Waals surface area contributed by atoms with Crippen molar-refractivity contribution in [3.05, 3.63) is 58.0 Å². The summed E-state index contributed by atoms with van der Waals surface area (Å²) in [6, 6.07) is 8.68. The molecule has 1 atom stereocenters. The van der Waals surface area contributed by atoms with Gasteiger partial charge in [-0.3, -0.25) is 4.79 Å². The number of rotatable bonds is 4. The normalized spacial score (nSPS) is 12.2. The molecule has 0 bridgehead atoms. The molecule has 2 aromatic rings. The molecule has 0 aliphatic carbocycles. The summed E-state index contributed by atoms with van der Waals surface area (Å²) < 4.78 is 5.30. The summed E-state index contributed by atoms with van der Waals surface area (Å²) >= 11 is 5.99. The minimum Gasteiger partial charge on any atom is -0.466 e. The molecule has 4 nitrogen and oxygen atoms in total. The molecule has 0 fully saturated rings. The second-order valence-electron chi connectivity index (χ2n) is 4.57. The highest BCUT2D eigenvalue weighted by molar-refractivity contribution is 6.31. The molecule has 0 saturated carbocycles. The molecule has 0 saturated heterocycles. The zero-order valence-electron chi connectivity index (χ0n) is 11.3. The van der Waals surface area contributed by atoms with Crippen LogP contribution in [0.1, 0.15) is 33.5 Å². The van der Waals surface area contributed by atoms with Crippen LogP contribution in [-0.2, 0) is 0 Å². The van der Waals surface area contributed by atoms with Crippen molar-refractivity contribution in [3.63, 3.8) is 0 Å². The zero-order valence-corrected chi connectivity index (χ0v) is 12.1. The van der Waals surface area contributed by atoms with E-state index in [1.54, 1.807) is 44.2 Å². The Kier molecular flexibility index (Phi) is 4.47. The van der Waals surface area contributed by atoms with Crippen molar-refractivity contribution in [1.29, 1.82) is 0 Å². The molecule has 0 spiro atoms. The Balaban J connectivity index is 2.00. The maximum atomic E-state index is 12.0. The Morgan fingerprint density at radius 1 is 1.40 bits per heavy atom. The first-order chi connectivity index (χ1) is 9.49. The van der Waals surface area contributed by atoms with Crippen molar-refractivity contribution in [2.75, 3.05) is 6.54 Å². The van der Waals surface area contributed by atoms with Crippen molar-refractivity contribution < 1.29 is 14.3 Å². The molecule has 0 aliphatic rings. The SMILES string of the molecule is Cc1cc(C(=O)NCC(O)c2ccccc2Cl)c(C)o1. The fourth-order valence-corrected chi connectivity index (χ4v) is 2.26. The van der Waals surface area contributed by atoms with Crippen molar-refractivity contribution in [2.24, 2.45) is 0 Å². The third-order valence-corrected chi connectivity index (χ3v) is 3.35. The van der Waals surface area contributed by atoms with Crippen molar-refractivity contribution >= 4 is 17.5 Å². The number of hydrogen-bond acceptors (Lipinski definition) is 3. The van der Waals surface area contributed by atoms with E-state index < -0.39 is 6.10 Å². The van der Waals surface area contributed by atoms with Crippen LogP contribution in [0.25, 0.3) is 0 Å². The van der Waals surface area contributed by atoms with Gasteiger partial charge in [0, 0.05) is 17.1 Å². The lowest BCUT2D eigenvalue weighted by molar-refractivity contribution is 0.0915. The standard InChI is InChI=1S/C15H16ClNO3/c1-9-7-12(10(2)20-9)15(19)17-8-14(18)11-5-3-4-6-13(11)16/h3-7,14,18H,8H2,1-2H3,(H,17,19). The van der Waals surface area contributed by atoms with Gasteiger partial charge >= 0.3 is 0 Å². The van der Waals surface area contributed by atoms with Gasteiger partial charge in [0.05, 0.1) is 11.7 Å². The van der Waals surface area contributed by atoms with Gasteiger partial charge in [-0.05, 0) is 26.0 Å². The fraction of sp³-hybridized carbons (Fsp3) is 0.267. The topological polar surface area (TPSA) is 62.5 Å². The molecule has 1 unspecified atom stereocenters. The van der Waals surface area contributed by atoms with E-state index in [2.05, 4.69) is 5.32 Å². The van der Waals surface area contributed by atoms with Gasteiger partial charge in [0.2, 0.25) is 0 Å². The van der Waals surface area contributed by atoms with Crippen LogP contribution in [0.5, 0.6) is 0 Å². The van der Waals surface area contributed by atoms with Crippen LogP contribution in [0, 0.1) is 13.8 Å². The van der Waals surface area contributed by atoms with E-state index in [4.69, 9.17) is 16.0 Å². The fourth-order valence-electron chi connectivity index (χ4n) is 2.00. The number of benzene rings is 1. The number of carbonyl (C=O) groups excluding carboxylic acids is 1. The summed E-state index contributed by atoms with van der Waals surface area (Å²) in [6.45, 7) is 3.60. The van der Waals surface area contributed by atoms with Crippen LogP contribution in [0.3, 0.4) is 0 Å². The maximum absolute atomic E-state index is 12.0. The Morgan fingerprint density at radius 2 is 2.10 bits per heavy atom. The molecule has 20 heavy (non-hydrogen) atoms. The number of furan rings is 1. The largest absolute Gasteiger partial charge is 0.466 e. The highest BCUT2D eigenvalue weighted by Gasteiger charge is 2.16. The molecule has 1 heterocycles. The van der Waals surface area contributed by atoms with Crippen LogP contribution in [0.4, 0.5) is 0 Å². The Hall–Kier alpha value is -1.78. The minimum atomic E-state index is -0.846. The Labute approximate surface area is 122 Å². The van der Waals surface area contributed by atoms with Gasteiger partial charge in [0.1, 0.15) is 11.5 Å². The molecule has 5 heteroatoms. The monoisotopic (exact) mass is 293 g/mol. The van der Waals surface area contributed by atoms with Crippen LogP contribution in [0.15, 0.2) is 34.7 Å². The second kappa shape index (κ2) is 6.11. The molecular formula is C15H16ClNO3. The predicted molar refractivity (Wildman–Crippen MR) is 76.9 cm³/mol. The number of amides is 1. The molecule has 1 amide bonds. The number of carbonyl (C=O) groups is 1. The van der Waals surface area contributed by atoms with Crippen molar-refractivity contribution in [1.82, 2.24) is 5.32 Å². The molecular weight excluding hydrogens is 278 g/mol. The maximum Gasteiger partial charge on any atom is 0.254 e. The number of aliphatic hydroxyl groups excluding tert-OH is 1. The Bertz CT molecular complexity index is 621. The number of aryl methyl sites for hydroxylation is 2. The van der Waals surface area contributed by atoms with E-state index in [-0.39, 0.29) is 12.5 Å². The summed E-state index contributed by atoms with van der Waals surface area (Å²) in [7, 11) is 0. The van der Waals surface area contributed by atoms with E-state index in [0.29, 0.717) is 27.7 Å². The van der Waals surface area contributed by atoms with E-state index in [1.165, 1.54) is 0 Å². The molecule has 1 aromatic heterocycles. The van der Waals surface area contributed by atoms with Gasteiger partial charge in [0.25, 0.3) is 5.91 Å².